The molecule has 0 unspecified atom stereocenters. The molecule has 0 radical (unpaired) electrons. The number of rotatable bonds is 8. The Bertz CT molecular complexity index is 1240. The molecule has 0 aliphatic rings. The van der Waals surface area contributed by atoms with Crippen LogP contribution in [0.25, 0.3) is 11.3 Å². The molecule has 0 spiro atoms. The van der Waals surface area contributed by atoms with Crippen LogP contribution in [0.15, 0.2) is 96.0 Å². The van der Waals surface area contributed by atoms with E-state index in [9.17, 15) is 12.8 Å². The van der Waals surface area contributed by atoms with E-state index in [2.05, 4.69) is 9.82 Å². The third-order valence-electron chi connectivity index (χ3n) is 4.87. The summed E-state index contributed by atoms with van der Waals surface area (Å²) in [5, 5.41) is 4.57. The second kappa shape index (κ2) is 9.24. The molecule has 0 atom stereocenters. The van der Waals surface area contributed by atoms with Crippen LogP contribution in [0, 0.1) is 5.82 Å². The summed E-state index contributed by atoms with van der Waals surface area (Å²) >= 11 is 0. The minimum atomic E-state index is -3.80. The molecule has 1 N–H and O–H groups in total. The highest BCUT2D eigenvalue weighted by Crippen LogP contribution is 2.26. The molecule has 3 aromatic carbocycles. The number of nitrogens with one attached hydrogen (secondary N) is 1. The van der Waals surface area contributed by atoms with Crippen molar-refractivity contribution >= 4 is 10.0 Å². The molecule has 0 saturated heterocycles. The van der Waals surface area contributed by atoms with Crippen LogP contribution in [0.2, 0.25) is 0 Å². The first-order valence-corrected chi connectivity index (χ1v) is 11.4. The summed E-state index contributed by atoms with van der Waals surface area (Å²) in [6, 6.07) is 25.0. The van der Waals surface area contributed by atoms with Gasteiger partial charge in [0.15, 0.2) is 0 Å². The molecule has 1 aromatic heterocycles. The van der Waals surface area contributed by atoms with Crippen molar-refractivity contribution in [1.82, 2.24) is 14.5 Å². The summed E-state index contributed by atoms with van der Waals surface area (Å²) in [4.78, 5) is 0.133. The molecule has 7 heteroatoms. The van der Waals surface area contributed by atoms with Crippen molar-refractivity contribution in [3.63, 3.8) is 0 Å². The average molecular weight is 436 g/mol. The molecule has 0 fully saturated rings. The van der Waals surface area contributed by atoms with Crippen molar-refractivity contribution in [2.24, 2.45) is 0 Å². The van der Waals surface area contributed by atoms with Crippen LogP contribution in [-0.2, 0) is 23.0 Å². The van der Waals surface area contributed by atoms with Crippen LogP contribution < -0.4 is 4.72 Å². The number of hydrogen-bond donors (Lipinski definition) is 1. The quantitative estimate of drug-likeness (QED) is 0.450. The Morgan fingerprint density at radius 3 is 2.16 bits per heavy atom. The minimum absolute atomic E-state index is 0.133. The zero-order valence-corrected chi connectivity index (χ0v) is 17.6. The monoisotopic (exact) mass is 435 g/mol. The van der Waals surface area contributed by atoms with Gasteiger partial charge in [-0.05, 0) is 29.7 Å². The lowest BCUT2D eigenvalue weighted by Gasteiger charge is -2.07. The standard InChI is InChI=1S/C24H22FN3O2S/c25-22-13-11-19(12-14-22)15-16-26-31(29,30)23-18-28(17-20-7-3-1-4-8-20)27-24(23)21-9-5-2-6-10-21/h1-14,18,26H,15-17H2. The van der Waals surface area contributed by atoms with Gasteiger partial charge in [-0.1, -0.05) is 72.8 Å². The van der Waals surface area contributed by atoms with Gasteiger partial charge in [0.1, 0.15) is 16.4 Å². The highest BCUT2D eigenvalue weighted by Gasteiger charge is 2.23. The van der Waals surface area contributed by atoms with Crippen molar-refractivity contribution in [2.45, 2.75) is 17.9 Å². The van der Waals surface area contributed by atoms with E-state index in [1.807, 2.05) is 60.7 Å². The van der Waals surface area contributed by atoms with Crippen LogP contribution in [0.3, 0.4) is 0 Å². The van der Waals surface area contributed by atoms with Crippen LogP contribution in [0.5, 0.6) is 0 Å². The van der Waals surface area contributed by atoms with E-state index in [1.54, 1.807) is 23.0 Å². The van der Waals surface area contributed by atoms with Gasteiger partial charge < -0.3 is 0 Å². The molecular weight excluding hydrogens is 413 g/mol. The third kappa shape index (κ3) is 5.25. The van der Waals surface area contributed by atoms with Crippen molar-refractivity contribution in [1.29, 1.82) is 0 Å². The van der Waals surface area contributed by atoms with E-state index in [0.717, 1.165) is 16.7 Å². The highest BCUT2D eigenvalue weighted by molar-refractivity contribution is 7.89. The van der Waals surface area contributed by atoms with Gasteiger partial charge in [-0.3, -0.25) is 4.68 Å². The van der Waals surface area contributed by atoms with Crippen LogP contribution in [0.4, 0.5) is 4.39 Å². The van der Waals surface area contributed by atoms with E-state index in [1.165, 1.54) is 12.1 Å². The molecule has 0 aliphatic heterocycles. The van der Waals surface area contributed by atoms with Crippen molar-refractivity contribution in [3.8, 4) is 11.3 Å². The molecule has 1 heterocycles. The predicted molar refractivity (Wildman–Crippen MR) is 118 cm³/mol. The highest BCUT2D eigenvalue weighted by atomic mass is 32.2. The Labute approximate surface area is 181 Å². The lowest BCUT2D eigenvalue weighted by Crippen LogP contribution is -2.26. The van der Waals surface area contributed by atoms with E-state index >= 15 is 0 Å². The first-order valence-electron chi connectivity index (χ1n) is 9.92. The maximum absolute atomic E-state index is 13.1. The molecule has 0 bridgehead atoms. The fraction of sp³-hybridized carbons (Fsp3) is 0.125. The van der Waals surface area contributed by atoms with Gasteiger partial charge in [0.05, 0.1) is 6.54 Å². The van der Waals surface area contributed by atoms with E-state index in [0.29, 0.717) is 18.7 Å². The molecule has 0 amide bonds. The molecule has 4 aromatic rings. The molecule has 5 nitrogen and oxygen atoms in total. The number of nitrogens with zero attached hydrogens (tertiary/aromatic N) is 2. The van der Waals surface area contributed by atoms with E-state index in [-0.39, 0.29) is 17.3 Å². The summed E-state index contributed by atoms with van der Waals surface area (Å²) in [5.41, 5.74) is 3.02. The number of hydrogen-bond acceptors (Lipinski definition) is 3. The molecule has 4 rings (SSSR count). The summed E-state index contributed by atoms with van der Waals surface area (Å²) in [6.45, 7) is 0.665. The van der Waals surface area contributed by atoms with Gasteiger partial charge in [-0.2, -0.15) is 5.10 Å². The van der Waals surface area contributed by atoms with Gasteiger partial charge in [-0.25, -0.2) is 17.5 Å². The van der Waals surface area contributed by atoms with Gasteiger partial charge in [0.2, 0.25) is 10.0 Å². The predicted octanol–water partition coefficient (Wildman–Crippen LogP) is 4.26. The van der Waals surface area contributed by atoms with Gasteiger partial charge in [-0.15, -0.1) is 0 Å². The first-order chi connectivity index (χ1) is 15.0. The van der Waals surface area contributed by atoms with Crippen molar-refractivity contribution < 1.29 is 12.8 Å². The van der Waals surface area contributed by atoms with Gasteiger partial charge in [0, 0.05) is 18.3 Å². The minimum Gasteiger partial charge on any atom is -0.266 e. The normalized spacial score (nSPS) is 11.5. The molecule has 158 valence electrons. The summed E-state index contributed by atoms with van der Waals surface area (Å²) in [7, 11) is -3.80. The number of benzene rings is 3. The van der Waals surface area contributed by atoms with Crippen molar-refractivity contribution in [3.05, 3.63) is 108 Å². The Hall–Kier alpha value is -3.29. The number of aromatic nitrogens is 2. The molecular formula is C24H22FN3O2S. The fourth-order valence-electron chi connectivity index (χ4n) is 3.31. The SMILES string of the molecule is O=S(=O)(NCCc1ccc(F)cc1)c1cn(Cc2ccccc2)nc1-c1ccccc1. The van der Waals surface area contributed by atoms with Crippen LogP contribution >= 0.6 is 0 Å². The largest absolute Gasteiger partial charge is 0.266 e. The lowest BCUT2D eigenvalue weighted by molar-refractivity contribution is 0.581. The second-order valence-corrected chi connectivity index (χ2v) is 8.90. The molecule has 31 heavy (non-hydrogen) atoms. The Kier molecular flexibility index (Phi) is 6.25. The molecule has 0 saturated carbocycles. The zero-order valence-electron chi connectivity index (χ0n) is 16.8. The van der Waals surface area contributed by atoms with E-state index in [4.69, 9.17) is 0 Å². The van der Waals surface area contributed by atoms with Crippen LogP contribution in [-0.4, -0.2) is 24.7 Å². The fourth-order valence-corrected chi connectivity index (χ4v) is 4.51. The van der Waals surface area contributed by atoms with E-state index < -0.39 is 10.0 Å². The Balaban J connectivity index is 1.59. The maximum Gasteiger partial charge on any atom is 0.244 e. The first kappa shape index (κ1) is 21.0. The summed E-state index contributed by atoms with van der Waals surface area (Å²) < 4.78 is 43.6. The summed E-state index contributed by atoms with van der Waals surface area (Å²) in [5.74, 6) is -0.317. The van der Waals surface area contributed by atoms with Crippen LogP contribution in [0.1, 0.15) is 11.1 Å². The topological polar surface area (TPSA) is 64.0 Å². The molecule has 0 aliphatic carbocycles. The maximum atomic E-state index is 13.1. The lowest BCUT2D eigenvalue weighted by atomic mass is 10.1. The summed E-state index contributed by atoms with van der Waals surface area (Å²) in [6.07, 6.45) is 2.02. The third-order valence-corrected chi connectivity index (χ3v) is 6.33. The second-order valence-electron chi connectivity index (χ2n) is 7.17. The Morgan fingerprint density at radius 2 is 1.48 bits per heavy atom. The smallest absolute Gasteiger partial charge is 0.244 e. The Morgan fingerprint density at radius 1 is 0.839 bits per heavy atom. The number of sulfonamides is 1. The van der Waals surface area contributed by atoms with Gasteiger partial charge >= 0.3 is 0 Å². The van der Waals surface area contributed by atoms with Gasteiger partial charge in [0.25, 0.3) is 0 Å². The number of halogens is 1. The average Bonchev–Trinajstić information content (AvgIpc) is 3.21. The zero-order chi connectivity index (χ0) is 21.7. The van der Waals surface area contributed by atoms with Crippen molar-refractivity contribution in [2.75, 3.05) is 6.54 Å².